The summed E-state index contributed by atoms with van der Waals surface area (Å²) >= 11 is 1.57. The van der Waals surface area contributed by atoms with E-state index in [9.17, 15) is 14.0 Å². The van der Waals surface area contributed by atoms with Gasteiger partial charge in [0.15, 0.2) is 0 Å². The van der Waals surface area contributed by atoms with Crippen molar-refractivity contribution in [2.75, 3.05) is 43.4 Å². The highest BCUT2D eigenvalue weighted by atomic mass is 32.2. The highest BCUT2D eigenvalue weighted by Gasteiger charge is 2.33. The molecule has 2 aromatic carbocycles. The number of hydrogen-bond donors (Lipinski definition) is 0. The van der Waals surface area contributed by atoms with Gasteiger partial charge in [-0.1, -0.05) is 6.58 Å². The number of carbonyl (C=O) groups is 1. The number of nitrogens with zero attached hydrogens (tertiary/aromatic N) is 4. The van der Waals surface area contributed by atoms with Crippen LogP contribution >= 0.6 is 11.8 Å². The quantitative estimate of drug-likeness (QED) is 0.436. The molecule has 6 rings (SSSR count). The molecule has 38 heavy (non-hydrogen) atoms. The van der Waals surface area contributed by atoms with Crippen molar-refractivity contribution in [3.8, 4) is 11.1 Å². The van der Waals surface area contributed by atoms with Crippen LogP contribution < -0.4 is 10.6 Å². The lowest BCUT2D eigenvalue weighted by Crippen LogP contribution is -2.49. The molecule has 1 amide bonds. The summed E-state index contributed by atoms with van der Waals surface area (Å²) in [6.07, 6.45) is 3.62. The fourth-order valence-corrected chi connectivity index (χ4v) is 6.73. The highest BCUT2D eigenvalue weighted by Crippen LogP contribution is 2.46. The fourth-order valence-electron chi connectivity index (χ4n) is 5.36. The number of benzene rings is 2. The second-order valence-corrected chi connectivity index (χ2v) is 11.1. The average molecular weight is 539 g/mol. The zero-order valence-electron chi connectivity index (χ0n) is 21.1. The summed E-state index contributed by atoms with van der Waals surface area (Å²) in [5, 5.41) is 0.801. The maximum atomic E-state index is 15.0. The third-order valence-electron chi connectivity index (χ3n) is 7.44. The monoisotopic (exact) mass is 538 g/mol. The van der Waals surface area contributed by atoms with Crippen molar-refractivity contribution >= 4 is 34.4 Å². The summed E-state index contributed by atoms with van der Waals surface area (Å²) in [6.45, 7) is 7.91. The van der Waals surface area contributed by atoms with Gasteiger partial charge in [0.05, 0.1) is 24.3 Å². The molecule has 0 bridgehead atoms. The van der Waals surface area contributed by atoms with Gasteiger partial charge in [-0.15, -0.1) is 11.8 Å². The summed E-state index contributed by atoms with van der Waals surface area (Å²) in [6, 6.07) is 5.34. The smallest absolute Gasteiger partial charge is 0.350 e. The molecule has 0 spiro atoms. The van der Waals surface area contributed by atoms with Crippen LogP contribution in [0.1, 0.15) is 24.4 Å². The van der Waals surface area contributed by atoms with Crippen LogP contribution in [0.3, 0.4) is 0 Å². The van der Waals surface area contributed by atoms with E-state index in [0.717, 1.165) is 34.8 Å². The number of halogens is 2. The van der Waals surface area contributed by atoms with Crippen LogP contribution in [-0.4, -0.2) is 65.0 Å². The zero-order valence-corrected chi connectivity index (χ0v) is 21.9. The Labute approximate surface area is 223 Å². The SMILES string of the molecule is C=CC(=O)N1CCN(c2nc(=O)n3c4c(c(-c5ccc(F)cc5F)c(C)cc24)SCC3COC2CC2)CC1. The van der Waals surface area contributed by atoms with Gasteiger partial charge in [-0.05, 0) is 49.6 Å². The van der Waals surface area contributed by atoms with E-state index in [1.54, 1.807) is 21.2 Å². The van der Waals surface area contributed by atoms with Crippen molar-refractivity contribution in [1.29, 1.82) is 0 Å². The molecule has 10 heteroatoms. The van der Waals surface area contributed by atoms with Crippen molar-refractivity contribution in [3.63, 3.8) is 0 Å². The van der Waals surface area contributed by atoms with Crippen LogP contribution in [0.15, 0.2) is 46.6 Å². The number of aromatic nitrogens is 2. The first kappa shape index (κ1) is 25.1. The molecule has 198 valence electrons. The molecule has 1 aromatic heterocycles. The number of amides is 1. The standard InChI is InChI=1S/C28H28F2N4O3S/c1-3-23(35)32-8-10-33(11-9-32)27-21-12-16(2)24(20-7-4-17(29)13-22(20)30)26-25(21)34(28(36)31-27)18(15-38-26)14-37-19-5-6-19/h3-4,7,12-13,18-19H,1,5-6,8-11,14-15H2,2H3. The first-order valence-corrected chi connectivity index (χ1v) is 13.8. The van der Waals surface area contributed by atoms with Crippen LogP contribution in [0.2, 0.25) is 0 Å². The molecule has 1 saturated heterocycles. The van der Waals surface area contributed by atoms with Crippen LogP contribution in [0.5, 0.6) is 0 Å². The molecule has 7 nitrogen and oxygen atoms in total. The predicted molar refractivity (Wildman–Crippen MR) is 144 cm³/mol. The molecular formula is C28H28F2N4O3S. The molecule has 2 aliphatic heterocycles. The number of aryl methyl sites for hydroxylation is 1. The molecule has 0 radical (unpaired) electrons. The van der Waals surface area contributed by atoms with Gasteiger partial charge in [0.25, 0.3) is 0 Å². The Balaban J connectivity index is 1.52. The van der Waals surface area contributed by atoms with E-state index in [0.29, 0.717) is 61.0 Å². The number of piperazine rings is 1. The third kappa shape index (κ3) is 4.39. The van der Waals surface area contributed by atoms with Gasteiger partial charge in [0.1, 0.15) is 17.5 Å². The van der Waals surface area contributed by atoms with Crippen molar-refractivity contribution in [2.45, 2.75) is 36.8 Å². The number of rotatable bonds is 6. The minimum Gasteiger partial charge on any atom is -0.376 e. The number of anilines is 1. The second-order valence-electron chi connectivity index (χ2n) is 10.0. The van der Waals surface area contributed by atoms with E-state index in [1.165, 1.54) is 18.2 Å². The molecule has 3 heterocycles. The lowest BCUT2D eigenvalue weighted by Gasteiger charge is -2.36. The molecule has 1 aliphatic carbocycles. The van der Waals surface area contributed by atoms with Gasteiger partial charge in [-0.2, -0.15) is 4.98 Å². The van der Waals surface area contributed by atoms with Crippen molar-refractivity contribution in [3.05, 3.63) is 64.6 Å². The Morgan fingerprint density at radius 1 is 1.21 bits per heavy atom. The van der Waals surface area contributed by atoms with Crippen LogP contribution in [0.4, 0.5) is 14.6 Å². The summed E-state index contributed by atoms with van der Waals surface area (Å²) in [5.41, 5.74) is 2.10. The van der Waals surface area contributed by atoms with Crippen molar-refractivity contribution < 1.29 is 18.3 Å². The molecule has 1 atom stereocenters. The first-order valence-electron chi connectivity index (χ1n) is 12.8. The zero-order chi connectivity index (χ0) is 26.6. The lowest BCUT2D eigenvalue weighted by atomic mass is 9.97. The molecule has 1 unspecified atom stereocenters. The summed E-state index contributed by atoms with van der Waals surface area (Å²) in [5.74, 6) is -0.259. The van der Waals surface area contributed by atoms with Crippen LogP contribution in [0, 0.1) is 18.6 Å². The summed E-state index contributed by atoms with van der Waals surface area (Å²) in [4.78, 5) is 34.8. The Morgan fingerprint density at radius 2 is 1.97 bits per heavy atom. The molecular weight excluding hydrogens is 510 g/mol. The topological polar surface area (TPSA) is 67.7 Å². The summed E-state index contributed by atoms with van der Waals surface area (Å²) < 4.78 is 36.5. The Kier molecular flexibility index (Phi) is 6.47. The summed E-state index contributed by atoms with van der Waals surface area (Å²) in [7, 11) is 0. The Bertz CT molecular complexity index is 1510. The fraction of sp³-hybridized carbons (Fsp3) is 0.393. The number of carbonyl (C=O) groups excluding carboxylic acids is 1. The van der Waals surface area contributed by atoms with Gasteiger partial charge in [-0.25, -0.2) is 13.6 Å². The van der Waals surface area contributed by atoms with E-state index >= 15 is 4.39 Å². The minimum absolute atomic E-state index is 0.119. The van der Waals surface area contributed by atoms with Gasteiger partial charge in [-0.3, -0.25) is 9.36 Å². The Hall–Kier alpha value is -3.24. The second kappa shape index (κ2) is 9.81. The van der Waals surface area contributed by atoms with E-state index in [4.69, 9.17) is 4.74 Å². The highest BCUT2D eigenvalue weighted by molar-refractivity contribution is 7.99. The van der Waals surface area contributed by atoms with Crippen LogP contribution in [-0.2, 0) is 9.53 Å². The predicted octanol–water partition coefficient (Wildman–Crippen LogP) is 4.31. The molecule has 3 aliphatic rings. The van der Waals surface area contributed by atoms with E-state index < -0.39 is 11.6 Å². The van der Waals surface area contributed by atoms with Gasteiger partial charge in [0.2, 0.25) is 5.91 Å². The van der Waals surface area contributed by atoms with Crippen molar-refractivity contribution in [1.82, 2.24) is 14.5 Å². The number of hydrogen-bond acceptors (Lipinski definition) is 6. The minimum atomic E-state index is -0.644. The van der Waals surface area contributed by atoms with E-state index in [-0.39, 0.29) is 23.7 Å². The average Bonchev–Trinajstić information content (AvgIpc) is 3.74. The third-order valence-corrected chi connectivity index (χ3v) is 8.68. The maximum Gasteiger partial charge on any atom is 0.350 e. The lowest BCUT2D eigenvalue weighted by molar-refractivity contribution is -0.126. The van der Waals surface area contributed by atoms with Crippen LogP contribution in [0.25, 0.3) is 22.0 Å². The van der Waals surface area contributed by atoms with Gasteiger partial charge >= 0.3 is 5.69 Å². The number of ether oxygens (including phenoxy) is 1. The normalized spacial score (nSPS) is 19.2. The molecule has 1 saturated carbocycles. The maximum absolute atomic E-state index is 15.0. The van der Waals surface area contributed by atoms with E-state index in [1.807, 2.05) is 17.9 Å². The molecule has 0 N–H and O–H groups in total. The van der Waals surface area contributed by atoms with Crippen molar-refractivity contribution in [2.24, 2.45) is 0 Å². The number of thioether (sulfide) groups is 1. The first-order chi connectivity index (χ1) is 18.4. The molecule has 3 aromatic rings. The largest absolute Gasteiger partial charge is 0.376 e. The van der Waals surface area contributed by atoms with E-state index in [2.05, 4.69) is 11.6 Å². The van der Waals surface area contributed by atoms with Gasteiger partial charge < -0.3 is 14.5 Å². The molecule has 2 fully saturated rings. The Morgan fingerprint density at radius 3 is 2.66 bits per heavy atom. The van der Waals surface area contributed by atoms with Gasteiger partial charge in [0, 0.05) is 59.4 Å².